The van der Waals surface area contributed by atoms with Gasteiger partial charge < -0.3 is 9.47 Å². The van der Waals surface area contributed by atoms with Gasteiger partial charge in [0.2, 0.25) is 0 Å². The number of para-hydroxylation sites is 1. The zero-order valence-corrected chi connectivity index (χ0v) is 9.90. The Morgan fingerprint density at radius 1 is 1.44 bits per heavy atom. The molecule has 0 spiro atoms. The van der Waals surface area contributed by atoms with Crippen LogP contribution in [0.5, 0.6) is 5.75 Å². The molecule has 88 valence electrons. The van der Waals surface area contributed by atoms with Crippen LogP contribution in [-0.4, -0.2) is 26.5 Å². The number of hydrogen-bond acceptors (Lipinski definition) is 3. The lowest BCUT2D eigenvalue weighted by Crippen LogP contribution is -2.43. The van der Waals surface area contributed by atoms with Crippen LogP contribution in [0.1, 0.15) is 12.5 Å². The summed E-state index contributed by atoms with van der Waals surface area (Å²) < 4.78 is 11.1. The molecule has 1 aromatic carbocycles. The molecule has 16 heavy (non-hydrogen) atoms. The fourth-order valence-electron chi connectivity index (χ4n) is 1.93. The van der Waals surface area contributed by atoms with Crippen molar-refractivity contribution in [2.75, 3.05) is 20.3 Å². The Labute approximate surface area is 96.8 Å². The van der Waals surface area contributed by atoms with Gasteiger partial charge in [-0.25, -0.2) is 0 Å². The molecule has 2 unspecified atom stereocenters. The van der Waals surface area contributed by atoms with Crippen molar-refractivity contribution in [3.05, 3.63) is 29.8 Å². The summed E-state index contributed by atoms with van der Waals surface area (Å²) in [5.41, 5.74) is 1.19. The minimum atomic E-state index is 0.118. The van der Waals surface area contributed by atoms with Crippen LogP contribution < -0.4 is 10.1 Å². The number of benzene rings is 1. The number of nitrogens with one attached hydrogen (secondary N) is 1. The van der Waals surface area contributed by atoms with Gasteiger partial charge in [-0.05, 0) is 17.5 Å². The van der Waals surface area contributed by atoms with Crippen LogP contribution in [0.15, 0.2) is 24.3 Å². The van der Waals surface area contributed by atoms with Crippen molar-refractivity contribution >= 4 is 0 Å². The monoisotopic (exact) mass is 221 g/mol. The summed E-state index contributed by atoms with van der Waals surface area (Å²) in [7, 11) is 1.70. The number of ether oxygens (including phenoxy) is 2. The molecule has 0 amide bonds. The zero-order valence-electron chi connectivity index (χ0n) is 9.90. The van der Waals surface area contributed by atoms with Crippen LogP contribution in [0.4, 0.5) is 0 Å². The van der Waals surface area contributed by atoms with E-state index in [1.165, 1.54) is 5.56 Å². The van der Waals surface area contributed by atoms with E-state index in [4.69, 9.17) is 9.47 Å². The summed E-state index contributed by atoms with van der Waals surface area (Å²) in [5, 5.41) is 3.39. The van der Waals surface area contributed by atoms with Crippen molar-refractivity contribution in [2.45, 2.75) is 19.6 Å². The quantitative estimate of drug-likeness (QED) is 0.844. The van der Waals surface area contributed by atoms with Crippen molar-refractivity contribution in [3.8, 4) is 5.75 Å². The minimum Gasteiger partial charge on any atom is -0.496 e. The van der Waals surface area contributed by atoms with Crippen LogP contribution in [0, 0.1) is 5.92 Å². The van der Waals surface area contributed by atoms with E-state index in [0.29, 0.717) is 5.92 Å². The fraction of sp³-hybridized carbons (Fsp3) is 0.538. The van der Waals surface area contributed by atoms with Gasteiger partial charge in [-0.1, -0.05) is 25.1 Å². The molecule has 3 heteroatoms. The molecule has 1 aliphatic heterocycles. The largest absolute Gasteiger partial charge is 0.496 e. The molecule has 1 aromatic rings. The summed E-state index contributed by atoms with van der Waals surface area (Å²) in [6.07, 6.45) is 0.976. The number of methoxy groups -OCH3 is 1. The summed E-state index contributed by atoms with van der Waals surface area (Å²) in [5.74, 6) is 1.54. The first-order chi connectivity index (χ1) is 7.79. The lowest BCUT2D eigenvalue weighted by molar-refractivity contribution is -0.0230. The Bertz CT molecular complexity index is 332. The van der Waals surface area contributed by atoms with E-state index in [1.54, 1.807) is 7.11 Å². The van der Waals surface area contributed by atoms with Gasteiger partial charge in [0.05, 0.1) is 13.7 Å². The van der Waals surface area contributed by atoms with Crippen LogP contribution >= 0.6 is 0 Å². The standard InChI is InChI=1S/C13H19NO2/c1-10-8-14-13(16-9-10)7-11-5-3-4-6-12(11)15-2/h3-6,10,13-14H,7-9H2,1-2H3. The summed E-state index contributed by atoms with van der Waals surface area (Å²) in [6.45, 7) is 4.05. The molecule has 1 saturated heterocycles. The third-order valence-electron chi connectivity index (χ3n) is 2.87. The van der Waals surface area contributed by atoms with Crippen LogP contribution in [0.2, 0.25) is 0 Å². The van der Waals surface area contributed by atoms with Crippen molar-refractivity contribution in [3.63, 3.8) is 0 Å². The smallest absolute Gasteiger partial charge is 0.122 e. The summed E-state index contributed by atoms with van der Waals surface area (Å²) in [4.78, 5) is 0. The first-order valence-corrected chi connectivity index (χ1v) is 5.76. The van der Waals surface area contributed by atoms with Gasteiger partial charge in [-0.15, -0.1) is 0 Å². The van der Waals surface area contributed by atoms with Crippen LogP contribution in [-0.2, 0) is 11.2 Å². The first-order valence-electron chi connectivity index (χ1n) is 5.76. The molecule has 2 rings (SSSR count). The second-order valence-electron chi connectivity index (χ2n) is 4.35. The molecule has 0 aromatic heterocycles. The molecule has 0 bridgehead atoms. The maximum Gasteiger partial charge on any atom is 0.122 e. The van der Waals surface area contributed by atoms with E-state index in [9.17, 15) is 0 Å². The maximum absolute atomic E-state index is 5.73. The second-order valence-corrected chi connectivity index (χ2v) is 4.35. The molecule has 1 aliphatic rings. The van der Waals surface area contributed by atoms with Gasteiger partial charge in [0.25, 0.3) is 0 Å². The predicted molar refractivity (Wildman–Crippen MR) is 63.6 cm³/mol. The van der Waals surface area contributed by atoms with E-state index in [1.807, 2.05) is 18.2 Å². The molecular formula is C13H19NO2. The van der Waals surface area contributed by atoms with Gasteiger partial charge >= 0.3 is 0 Å². The van der Waals surface area contributed by atoms with E-state index < -0.39 is 0 Å². The average molecular weight is 221 g/mol. The maximum atomic E-state index is 5.73. The molecule has 1 heterocycles. The SMILES string of the molecule is COc1ccccc1CC1NCC(C)CO1. The number of rotatable bonds is 3. The Kier molecular flexibility index (Phi) is 3.80. The molecule has 1 fully saturated rings. The first kappa shape index (κ1) is 11.4. The molecular weight excluding hydrogens is 202 g/mol. The Morgan fingerprint density at radius 2 is 2.25 bits per heavy atom. The average Bonchev–Trinajstić information content (AvgIpc) is 2.33. The summed E-state index contributed by atoms with van der Waals surface area (Å²) >= 11 is 0. The number of hydrogen-bond donors (Lipinski definition) is 1. The topological polar surface area (TPSA) is 30.5 Å². The Morgan fingerprint density at radius 3 is 2.94 bits per heavy atom. The van der Waals surface area contributed by atoms with Crippen molar-refractivity contribution < 1.29 is 9.47 Å². The van der Waals surface area contributed by atoms with Crippen molar-refractivity contribution in [2.24, 2.45) is 5.92 Å². The Balaban J connectivity index is 1.98. The van der Waals surface area contributed by atoms with Crippen LogP contribution in [0.3, 0.4) is 0 Å². The molecule has 2 atom stereocenters. The van der Waals surface area contributed by atoms with E-state index in [0.717, 1.165) is 25.3 Å². The lowest BCUT2D eigenvalue weighted by atomic mass is 10.1. The van der Waals surface area contributed by atoms with E-state index >= 15 is 0 Å². The molecule has 1 N–H and O–H groups in total. The van der Waals surface area contributed by atoms with Gasteiger partial charge in [0.15, 0.2) is 0 Å². The van der Waals surface area contributed by atoms with Gasteiger partial charge in [0.1, 0.15) is 12.0 Å². The third kappa shape index (κ3) is 2.74. The van der Waals surface area contributed by atoms with Gasteiger partial charge in [0, 0.05) is 13.0 Å². The minimum absolute atomic E-state index is 0.118. The lowest BCUT2D eigenvalue weighted by Gasteiger charge is -2.28. The van der Waals surface area contributed by atoms with E-state index in [-0.39, 0.29) is 6.23 Å². The fourth-order valence-corrected chi connectivity index (χ4v) is 1.93. The summed E-state index contributed by atoms with van der Waals surface area (Å²) in [6, 6.07) is 8.09. The highest BCUT2D eigenvalue weighted by molar-refractivity contribution is 5.33. The molecule has 0 saturated carbocycles. The van der Waals surface area contributed by atoms with Crippen molar-refractivity contribution in [1.82, 2.24) is 5.32 Å². The highest BCUT2D eigenvalue weighted by Gasteiger charge is 2.19. The normalized spacial score (nSPS) is 25.4. The van der Waals surface area contributed by atoms with Crippen LogP contribution in [0.25, 0.3) is 0 Å². The van der Waals surface area contributed by atoms with Crippen molar-refractivity contribution in [1.29, 1.82) is 0 Å². The van der Waals surface area contributed by atoms with Gasteiger partial charge in [-0.3, -0.25) is 5.32 Å². The zero-order chi connectivity index (χ0) is 11.4. The molecule has 0 radical (unpaired) electrons. The molecule has 0 aliphatic carbocycles. The molecule has 3 nitrogen and oxygen atoms in total. The van der Waals surface area contributed by atoms with E-state index in [2.05, 4.69) is 18.3 Å². The second kappa shape index (κ2) is 5.32. The predicted octanol–water partition coefficient (Wildman–Crippen LogP) is 1.82. The highest BCUT2D eigenvalue weighted by atomic mass is 16.5. The Hall–Kier alpha value is -1.06. The highest BCUT2D eigenvalue weighted by Crippen LogP contribution is 2.20. The third-order valence-corrected chi connectivity index (χ3v) is 2.87. The van der Waals surface area contributed by atoms with Gasteiger partial charge in [-0.2, -0.15) is 0 Å².